The fourth-order valence-corrected chi connectivity index (χ4v) is 5.16. The van der Waals surface area contributed by atoms with E-state index in [-0.39, 0.29) is 22.8 Å². The second kappa shape index (κ2) is 9.76. The van der Waals surface area contributed by atoms with Crippen LogP contribution in [0.1, 0.15) is 24.0 Å². The molecular formula is C24H23F3N4O4S. The second-order valence-electron chi connectivity index (χ2n) is 8.51. The van der Waals surface area contributed by atoms with Crippen molar-refractivity contribution in [1.82, 2.24) is 9.97 Å². The lowest BCUT2D eigenvalue weighted by Gasteiger charge is -2.31. The van der Waals surface area contributed by atoms with E-state index < -0.39 is 33.7 Å². The van der Waals surface area contributed by atoms with Crippen molar-refractivity contribution in [2.75, 3.05) is 22.7 Å². The quantitative estimate of drug-likeness (QED) is 0.490. The summed E-state index contributed by atoms with van der Waals surface area (Å²) in [7, 11) is -4.24. The summed E-state index contributed by atoms with van der Waals surface area (Å²) in [6.45, 7) is 2.38. The van der Waals surface area contributed by atoms with E-state index in [2.05, 4.69) is 14.7 Å². The number of anilines is 2. The van der Waals surface area contributed by atoms with Crippen LogP contribution >= 0.6 is 0 Å². The highest BCUT2D eigenvalue weighted by atomic mass is 32.2. The minimum atomic E-state index is -4.69. The molecule has 36 heavy (non-hydrogen) atoms. The monoisotopic (exact) mass is 520 g/mol. The molecule has 1 saturated heterocycles. The zero-order chi connectivity index (χ0) is 26.1. The summed E-state index contributed by atoms with van der Waals surface area (Å²) >= 11 is 0. The molecule has 0 spiro atoms. The predicted molar refractivity (Wildman–Crippen MR) is 127 cm³/mol. The average Bonchev–Trinajstić information content (AvgIpc) is 2.83. The van der Waals surface area contributed by atoms with Crippen molar-refractivity contribution in [3.8, 4) is 11.1 Å². The summed E-state index contributed by atoms with van der Waals surface area (Å²) in [5.74, 6) is -1.49. The van der Waals surface area contributed by atoms with Crippen molar-refractivity contribution in [3.05, 3.63) is 66.0 Å². The molecule has 0 amide bonds. The number of carboxylic acid groups (broad SMARTS) is 1. The molecule has 0 bridgehead atoms. The molecule has 3 aromatic rings. The molecule has 8 nitrogen and oxygen atoms in total. The Bertz CT molecular complexity index is 1400. The number of piperidine rings is 1. The number of aliphatic carboxylic acids is 1. The van der Waals surface area contributed by atoms with Gasteiger partial charge in [-0.2, -0.15) is 13.2 Å². The second-order valence-corrected chi connectivity index (χ2v) is 10.2. The van der Waals surface area contributed by atoms with Gasteiger partial charge in [0.2, 0.25) is 0 Å². The van der Waals surface area contributed by atoms with Crippen LogP contribution in [0.25, 0.3) is 11.1 Å². The number of halogens is 3. The standard InChI is InChI=1S/C24H23F3N4O4S/c1-15-5-2-3-7-18(15)19-12-21(29-13-20(19)24(25,26)27)30-36(34,35)17-8-9-28-22(11-17)31-10-4-6-16(14-31)23(32)33/h2-3,5,7-9,11-13,16H,4,6,10,14H2,1H3,(H,29,30)(H,32,33). The number of aromatic nitrogens is 2. The SMILES string of the molecule is Cc1ccccc1-c1cc(NS(=O)(=O)c2ccnc(N3CCCC(C(=O)O)C3)c2)ncc1C(F)(F)F. The van der Waals surface area contributed by atoms with Crippen molar-refractivity contribution in [1.29, 1.82) is 0 Å². The van der Waals surface area contributed by atoms with E-state index in [0.717, 1.165) is 6.07 Å². The Morgan fingerprint density at radius 1 is 1.14 bits per heavy atom. The van der Waals surface area contributed by atoms with Crippen LogP contribution in [-0.4, -0.2) is 42.6 Å². The molecule has 1 atom stereocenters. The van der Waals surface area contributed by atoms with Crippen LogP contribution in [0.5, 0.6) is 0 Å². The Hall–Kier alpha value is -3.67. The van der Waals surface area contributed by atoms with E-state index in [1.54, 1.807) is 30.0 Å². The lowest BCUT2D eigenvalue weighted by atomic mass is 9.97. The molecule has 4 rings (SSSR count). The predicted octanol–water partition coefficient (Wildman–Crippen LogP) is 4.57. The normalized spacial score (nSPS) is 16.6. The Kier molecular flexibility index (Phi) is 6.90. The van der Waals surface area contributed by atoms with Gasteiger partial charge in [0.05, 0.1) is 16.4 Å². The molecule has 1 aromatic carbocycles. The summed E-state index contributed by atoms with van der Waals surface area (Å²) < 4.78 is 69.5. The van der Waals surface area contributed by atoms with Crippen molar-refractivity contribution < 1.29 is 31.5 Å². The van der Waals surface area contributed by atoms with Gasteiger partial charge in [-0.3, -0.25) is 9.52 Å². The number of aryl methyl sites for hydroxylation is 1. The Morgan fingerprint density at radius 2 is 1.89 bits per heavy atom. The fourth-order valence-electron chi connectivity index (χ4n) is 4.16. The molecule has 0 saturated carbocycles. The first-order valence-electron chi connectivity index (χ1n) is 11.1. The van der Waals surface area contributed by atoms with Crippen LogP contribution in [0.4, 0.5) is 24.8 Å². The maximum absolute atomic E-state index is 13.7. The van der Waals surface area contributed by atoms with Gasteiger partial charge in [0.25, 0.3) is 10.0 Å². The first kappa shape index (κ1) is 25.4. The molecular weight excluding hydrogens is 497 g/mol. The summed E-state index contributed by atoms with van der Waals surface area (Å²) in [6, 6.07) is 10.1. The summed E-state index contributed by atoms with van der Waals surface area (Å²) in [5, 5.41) is 9.31. The Morgan fingerprint density at radius 3 is 2.58 bits per heavy atom. The summed E-state index contributed by atoms with van der Waals surface area (Å²) in [6.07, 6.45) is -1.66. The van der Waals surface area contributed by atoms with Gasteiger partial charge in [-0.25, -0.2) is 18.4 Å². The molecule has 2 N–H and O–H groups in total. The van der Waals surface area contributed by atoms with Gasteiger partial charge in [0, 0.05) is 31.5 Å². The number of rotatable bonds is 6. The lowest BCUT2D eigenvalue weighted by Crippen LogP contribution is -2.39. The van der Waals surface area contributed by atoms with E-state index >= 15 is 0 Å². The molecule has 0 radical (unpaired) electrons. The average molecular weight is 521 g/mol. The largest absolute Gasteiger partial charge is 0.481 e. The number of alkyl halides is 3. The van der Waals surface area contributed by atoms with Crippen molar-refractivity contribution in [2.45, 2.75) is 30.8 Å². The molecule has 1 aliphatic rings. The number of sulfonamides is 1. The van der Waals surface area contributed by atoms with Crippen LogP contribution in [0.3, 0.4) is 0 Å². The number of hydrogen-bond acceptors (Lipinski definition) is 6. The third kappa shape index (κ3) is 5.43. The van der Waals surface area contributed by atoms with Crippen LogP contribution in [-0.2, 0) is 21.0 Å². The van der Waals surface area contributed by atoms with Gasteiger partial charge >= 0.3 is 12.1 Å². The highest BCUT2D eigenvalue weighted by Crippen LogP contribution is 2.39. The molecule has 190 valence electrons. The molecule has 1 unspecified atom stereocenters. The number of carboxylic acids is 1. The Balaban J connectivity index is 1.66. The van der Waals surface area contributed by atoms with Crippen LogP contribution < -0.4 is 9.62 Å². The minimum Gasteiger partial charge on any atom is -0.481 e. The molecule has 0 aliphatic carbocycles. The van der Waals surface area contributed by atoms with E-state index in [1.807, 2.05) is 0 Å². The maximum Gasteiger partial charge on any atom is 0.418 e. The fraction of sp³-hybridized carbons (Fsp3) is 0.292. The molecule has 2 aromatic heterocycles. The maximum atomic E-state index is 13.7. The molecule has 1 aliphatic heterocycles. The number of pyridine rings is 2. The van der Waals surface area contributed by atoms with Crippen molar-refractivity contribution in [2.24, 2.45) is 5.92 Å². The van der Waals surface area contributed by atoms with Gasteiger partial charge in [-0.1, -0.05) is 24.3 Å². The van der Waals surface area contributed by atoms with Gasteiger partial charge in [0.1, 0.15) is 11.6 Å². The van der Waals surface area contributed by atoms with E-state index in [4.69, 9.17) is 0 Å². The van der Waals surface area contributed by atoms with Crippen LogP contribution in [0.2, 0.25) is 0 Å². The smallest absolute Gasteiger partial charge is 0.418 e. The third-order valence-corrected chi connectivity index (χ3v) is 7.36. The highest BCUT2D eigenvalue weighted by Gasteiger charge is 2.35. The number of nitrogens with zero attached hydrogens (tertiary/aromatic N) is 3. The van der Waals surface area contributed by atoms with E-state index in [1.165, 1.54) is 24.4 Å². The first-order valence-corrected chi connectivity index (χ1v) is 12.5. The zero-order valence-electron chi connectivity index (χ0n) is 19.2. The van der Waals surface area contributed by atoms with Gasteiger partial charge < -0.3 is 10.0 Å². The van der Waals surface area contributed by atoms with Crippen molar-refractivity contribution >= 4 is 27.6 Å². The Labute approximate surface area is 205 Å². The molecule has 1 fully saturated rings. The third-order valence-electron chi connectivity index (χ3n) is 6.01. The van der Waals surface area contributed by atoms with E-state index in [9.17, 15) is 31.5 Å². The lowest BCUT2D eigenvalue weighted by molar-refractivity contribution is -0.142. The number of nitrogens with one attached hydrogen (secondary N) is 1. The van der Waals surface area contributed by atoms with E-state index in [0.29, 0.717) is 42.5 Å². The summed E-state index contributed by atoms with van der Waals surface area (Å²) in [4.78, 5) is 20.8. The minimum absolute atomic E-state index is 0.177. The van der Waals surface area contributed by atoms with Gasteiger partial charge in [-0.05, 0) is 48.6 Å². The van der Waals surface area contributed by atoms with Crippen LogP contribution in [0, 0.1) is 12.8 Å². The summed E-state index contributed by atoms with van der Waals surface area (Å²) in [5.41, 5.74) is -0.291. The highest BCUT2D eigenvalue weighted by molar-refractivity contribution is 7.92. The zero-order valence-corrected chi connectivity index (χ0v) is 20.0. The molecule has 12 heteroatoms. The first-order chi connectivity index (χ1) is 17.0. The van der Waals surface area contributed by atoms with Crippen LogP contribution in [0.15, 0.2) is 59.8 Å². The van der Waals surface area contributed by atoms with Gasteiger partial charge in [-0.15, -0.1) is 0 Å². The molecule has 3 heterocycles. The van der Waals surface area contributed by atoms with Crippen molar-refractivity contribution in [3.63, 3.8) is 0 Å². The van der Waals surface area contributed by atoms with Gasteiger partial charge in [0.15, 0.2) is 0 Å². The topological polar surface area (TPSA) is 112 Å². The number of benzene rings is 1. The number of carbonyl (C=O) groups is 1. The number of hydrogen-bond donors (Lipinski definition) is 2.